The van der Waals surface area contributed by atoms with E-state index >= 15 is 0 Å². The molecule has 2 aromatic heterocycles. The first-order valence-corrected chi connectivity index (χ1v) is 5.99. The van der Waals surface area contributed by atoms with Crippen molar-refractivity contribution in [3.05, 3.63) is 40.0 Å². The molecule has 0 aliphatic rings. The maximum atomic E-state index is 4.53. The van der Waals surface area contributed by atoms with E-state index in [-0.39, 0.29) is 0 Å². The van der Waals surface area contributed by atoms with E-state index in [2.05, 4.69) is 51.0 Å². The Kier molecular flexibility index (Phi) is 2.04. The molecule has 0 bridgehead atoms. The van der Waals surface area contributed by atoms with Gasteiger partial charge in [0.1, 0.15) is 5.65 Å². The van der Waals surface area contributed by atoms with Crippen LogP contribution in [-0.4, -0.2) is 9.97 Å². The highest BCUT2D eigenvalue weighted by Crippen LogP contribution is 2.29. The molecule has 0 saturated heterocycles. The highest BCUT2D eigenvalue weighted by Gasteiger charge is 2.08. The Morgan fingerprint density at radius 3 is 2.81 bits per heavy atom. The smallest absolute Gasteiger partial charge is 0.138 e. The lowest BCUT2D eigenvalue weighted by atomic mass is 10.1. The summed E-state index contributed by atoms with van der Waals surface area (Å²) < 4.78 is 1.10. The van der Waals surface area contributed by atoms with Crippen LogP contribution in [0.2, 0.25) is 0 Å². The molecular weight excluding hydrogens is 264 g/mol. The van der Waals surface area contributed by atoms with Gasteiger partial charge in [0.05, 0.1) is 0 Å². The largest absolute Gasteiger partial charge is 0.339 e. The lowest BCUT2D eigenvalue weighted by Gasteiger charge is -1.98. The van der Waals surface area contributed by atoms with Crippen molar-refractivity contribution in [2.75, 3.05) is 0 Å². The number of hydrogen-bond donors (Lipinski definition) is 1. The number of pyridine rings is 1. The molecule has 2 heterocycles. The molecule has 0 radical (unpaired) electrons. The lowest BCUT2D eigenvalue weighted by molar-refractivity contribution is 1.21. The van der Waals surface area contributed by atoms with Gasteiger partial charge < -0.3 is 4.98 Å². The standard InChI is InChI=1S/C13H11BrN2/c1-7-5-8(2)15-13-12(7)10-6-9(14)3-4-11(10)16-13/h3-6H,1-2H3,(H,15,16). The van der Waals surface area contributed by atoms with Gasteiger partial charge in [0, 0.05) is 26.5 Å². The van der Waals surface area contributed by atoms with Crippen LogP contribution < -0.4 is 0 Å². The maximum absolute atomic E-state index is 4.53. The van der Waals surface area contributed by atoms with Crippen LogP contribution in [0.4, 0.5) is 0 Å². The van der Waals surface area contributed by atoms with Crippen LogP contribution in [0.25, 0.3) is 21.9 Å². The maximum Gasteiger partial charge on any atom is 0.138 e. The van der Waals surface area contributed by atoms with E-state index in [1.807, 2.05) is 13.0 Å². The van der Waals surface area contributed by atoms with Crippen molar-refractivity contribution in [1.82, 2.24) is 9.97 Å². The lowest BCUT2D eigenvalue weighted by Crippen LogP contribution is -1.84. The summed E-state index contributed by atoms with van der Waals surface area (Å²) in [6.07, 6.45) is 0. The molecule has 0 aliphatic heterocycles. The summed E-state index contributed by atoms with van der Waals surface area (Å²) in [6.45, 7) is 4.15. The Balaban J connectivity index is 2.57. The molecule has 3 aromatic rings. The zero-order valence-corrected chi connectivity index (χ0v) is 10.7. The molecule has 3 heteroatoms. The molecule has 0 atom stereocenters. The first-order valence-electron chi connectivity index (χ1n) is 5.20. The number of aromatic nitrogens is 2. The van der Waals surface area contributed by atoms with Gasteiger partial charge in [-0.2, -0.15) is 0 Å². The van der Waals surface area contributed by atoms with E-state index < -0.39 is 0 Å². The van der Waals surface area contributed by atoms with Crippen LogP contribution in [-0.2, 0) is 0 Å². The molecule has 3 rings (SSSR count). The molecular formula is C13H11BrN2. The number of aryl methyl sites for hydroxylation is 2. The highest BCUT2D eigenvalue weighted by molar-refractivity contribution is 9.10. The van der Waals surface area contributed by atoms with Crippen LogP contribution in [0, 0.1) is 13.8 Å². The second-order valence-electron chi connectivity index (χ2n) is 4.12. The average Bonchev–Trinajstić information content (AvgIpc) is 2.54. The van der Waals surface area contributed by atoms with Crippen molar-refractivity contribution in [2.24, 2.45) is 0 Å². The van der Waals surface area contributed by atoms with E-state index in [0.717, 1.165) is 21.3 Å². The van der Waals surface area contributed by atoms with Crippen LogP contribution in [0.5, 0.6) is 0 Å². The number of halogens is 1. The molecule has 0 fully saturated rings. The van der Waals surface area contributed by atoms with Crippen LogP contribution in [0.15, 0.2) is 28.7 Å². The third-order valence-electron chi connectivity index (χ3n) is 2.85. The third-order valence-corrected chi connectivity index (χ3v) is 3.34. The second kappa shape index (κ2) is 3.32. The summed E-state index contributed by atoms with van der Waals surface area (Å²) in [4.78, 5) is 7.89. The number of nitrogens with zero attached hydrogens (tertiary/aromatic N) is 1. The average molecular weight is 275 g/mol. The van der Waals surface area contributed by atoms with Gasteiger partial charge in [-0.05, 0) is 43.7 Å². The number of hydrogen-bond acceptors (Lipinski definition) is 1. The minimum atomic E-state index is 0.977. The van der Waals surface area contributed by atoms with E-state index in [4.69, 9.17) is 0 Å². The number of nitrogens with one attached hydrogen (secondary N) is 1. The minimum absolute atomic E-state index is 0.977. The quantitative estimate of drug-likeness (QED) is 0.657. The summed E-state index contributed by atoms with van der Waals surface area (Å²) in [5.41, 5.74) is 4.44. The second-order valence-corrected chi connectivity index (χ2v) is 5.03. The van der Waals surface area contributed by atoms with Crippen molar-refractivity contribution in [3.63, 3.8) is 0 Å². The fourth-order valence-corrected chi connectivity index (χ4v) is 2.59. The fraction of sp³-hybridized carbons (Fsp3) is 0.154. The fourth-order valence-electron chi connectivity index (χ4n) is 2.23. The van der Waals surface area contributed by atoms with Crippen molar-refractivity contribution in [2.45, 2.75) is 13.8 Å². The van der Waals surface area contributed by atoms with Crippen molar-refractivity contribution in [1.29, 1.82) is 0 Å². The third kappa shape index (κ3) is 1.35. The van der Waals surface area contributed by atoms with Gasteiger partial charge >= 0.3 is 0 Å². The summed E-state index contributed by atoms with van der Waals surface area (Å²) in [7, 11) is 0. The van der Waals surface area contributed by atoms with Gasteiger partial charge in [0.2, 0.25) is 0 Å². The normalized spacial score (nSPS) is 11.4. The molecule has 1 N–H and O–H groups in total. The van der Waals surface area contributed by atoms with Crippen LogP contribution >= 0.6 is 15.9 Å². The predicted octanol–water partition coefficient (Wildman–Crippen LogP) is 4.10. The predicted molar refractivity (Wildman–Crippen MR) is 70.8 cm³/mol. The SMILES string of the molecule is Cc1cc(C)c2c(n1)[nH]c1ccc(Br)cc12. The summed E-state index contributed by atoms with van der Waals surface area (Å²) in [5, 5.41) is 2.45. The van der Waals surface area contributed by atoms with E-state index in [1.54, 1.807) is 0 Å². The van der Waals surface area contributed by atoms with Crippen molar-refractivity contribution in [3.8, 4) is 0 Å². The first-order chi connectivity index (χ1) is 7.65. The molecule has 16 heavy (non-hydrogen) atoms. The Hall–Kier alpha value is -1.35. The zero-order valence-electron chi connectivity index (χ0n) is 9.13. The van der Waals surface area contributed by atoms with Gasteiger partial charge in [0.25, 0.3) is 0 Å². The molecule has 0 unspecified atom stereocenters. The van der Waals surface area contributed by atoms with Gasteiger partial charge in [-0.1, -0.05) is 15.9 Å². The van der Waals surface area contributed by atoms with E-state index in [1.165, 1.54) is 16.3 Å². The molecule has 0 spiro atoms. The van der Waals surface area contributed by atoms with Gasteiger partial charge in [-0.25, -0.2) is 4.98 Å². The number of H-pyrrole nitrogens is 1. The van der Waals surface area contributed by atoms with Crippen molar-refractivity contribution >= 4 is 37.9 Å². The molecule has 80 valence electrons. The minimum Gasteiger partial charge on any atom is -0.339 e. The Labute approximate surface area is 102 Å². The van der Waals surface area contributed by atoms with Gasteiger partial charge in [0.15, 0.2) is 0 Å². The van der Waals surface area contributed by atoms with Gasteiger partial charge in [-0.3, -0.25) is 0 Å². The number of aromatic amines is 1. The van der Waals surface area contributed by atoms with Crippen LogP contribution in [0.1, 0.15) is 11.3 Å². The molecule has 0 saturated carbocycles. The molecule has 2 nitrogen and oxygen atoms in total. The Morgan fingerprint density at radius 1 is 1.19 bits per heavy atom. The summed E-state index contributed by atoms with van der Waals surface area (Å²) in [5.74, 6) is 0. The molecule has 0 amide bonds. The Bertz CT molecular complexity index is 698. The van der Waals surface area contributed by atoms with E-state index in [0.29, 0.717) is 0 Å². The van der Waals surface area contributed by atoms with Crippen LogP contribution in [0.3, 0.4) is 0 Å². The number of benzene rings is 1. The zero-order chi connectivity index (χ0) is 11.3. The number of rotatable bonds is 0. The monoisotopic (exact) mass is 274 g/mol. The van der Waals surface area contributed by atoms with Gasteiger partial charge in [-0.15, -0.1) is 0 Å². The summed E-state index contributed by atoms with van der Waals surface area (Å²) >= 11 is 3.51. The molecule has 1 aromatic carbocycles. The topological polar surface area (TPSA) is 28.7 Å². The highest BCUT2D eigenvalue weighted by atomic mass is 79.9. The van der Waals surface area contributed by atoms with E-state index in [9.17, 15) is 0 Å². The summed E-state index contributed by atoms with van der Waals surface area (Å²) in [6, 6.07) is 8.38. The number of fused-ring (bicyclic) bond motifs is 3. The van der Waals surface area contributed by atoms with Crippen molar-refractivity contribution < 1.29 is 0 Å². The first kappa shape index (κ1) is 9.85. The Morgan fingerprint density at radius 2 is 2.00 bits per heavy atom. The molecule has 0 aliphatic carbocycles.